The fourth-order valence-corrected chi connectivity index (χ4v) is 3.33. The van der Waals surface area contributed by atoms with Gasteiger partial charge in [0, 0.05) is 13.2 Å². The molecule has 0 amide bonds. The number of hydrogen-bond donors (Lipinski definition) is 1. The lowest BCUT2D eigenvalue weighted by atomic mass is 10.2. The molecule has 2 rings (SSSR count). The highest BCUT2D eigenvalue weighted by Crippen LogP contribution is 2.20. The number of benzene rings is 1. The first-order valence-electron chi connectivity index (χ1n) is 5.45. The van der Waals surface area contributed by atoms with Crippen molar-refractivity contribution in [2.75, 3.05) is 13.2 Å². The first kappa shape index (κ1) is 12.8. The van der Waals surface area contributed by atoms with Crippen molar-refractivity contribution in [3.63, 3.8) is 0 Å². The normalized spacial score (nSPS) is 20.6. The lowest BCUT2D eigenvalue weighted by Gasteiger charge is -2.12. The van der Waals surface area contributed by atoms with E-state index in [1.54, 1.807) is 18.2 Å². The third-order valence-corrected chi connectivity index (χ3v) is 4.57. The molecule has 1 aliphatic heterocycles. The molecule has 0 radical (unpaired) electrons. The molecule has 4 nitrogen and oxygen atoms in total. The SMILES string of the molecule is O=S(=O)(NC[C@H]1CCCO1)c1ccccc1Cl. The molecule has 0 aromatic heterocycles. The Bertz CT molecular complexity index is 483. The summed E-state index contributed by atoms with van der Waals surface area (Å²) in [6, 6.07) is 6.39. The van der Waals surface area contributed by atoms with Crippen molar-refractivity contribution in [2.24, 2.45) is 0 Å². The lowest BCUT2D eigenvalue weighted by Crippen LogP contribution is -2.31. The van der Waals surface area contributed by atoms with E-state index in [9.17, 15) is 8.42 Å². The predicted molar refractivity (Wildman–Crippen MR) is 65.6 cm³/mol. The van der Waals surface area contributed by atoms with Crippen LogP contribution in [0, 0.1) is 0 Å². The van der Waals surface area contributed by atoms with Gasteiger partial charge in [-0.3, -0.25) is 0 Å². The minimum Gasteiger partial charge on any atom is -0.377 e. The van der Waals surface area contributed by atoms with Gasteiger partial charge >= 0.3 is 0 Å². The maximum absolute atomic E-state index is 12.0. The zero-order chi connectivity index (χ0) is 12.3. The molecule has 0 unspecified atom stereocenters. The molecule has 1 atom stereocenters. The molecule has 1 fully saturated rings. The van der Waals surface area contributed by atoms with E-state index in [1.807, 2.05) is 0 Å². The minimum absolute atomic E-state index is 0.0211. The van der Waals surface area contributed by atoms with Gasteiger partial charge in [-0.25, -0.2) is 13.1 Å². The summed E-state index contributed by atoms with van der Waals surface area (Å²) in [5.41, 5.74) is 0. The Balaban J connectivity index is 2.06. The fraction of sp³-hybridized carbons (Fsp3) is 0.455. The number of nitrogens with one attached hydrogen (secondary N) is 1. The van der Waals surface area contributed by atoms with Gasteiger partial charge in [0.2, 0.25) is 10.0 Å². The third kappa shape index (κ3) is 3.19. The third-order valence-electron chi connectivity index (χ3n) is 2.65. The average molecular weight is 276 g/mol. The van der Waals surface area contributed by atoms with Crippen LogP contribution >= 0.6 is 11.6 Å². The van der Waals surface area contributed by atoms with Crippen molar-refractivity contribution in [3.05, 3.63) is 29.3 Å². The van der Waals surface area contributed by atoms with Crippen molar-refractivity contribution in [3.8, 4) is 0 Å². The zero-order valence-corrected chi connectivity index (χ0v) is 10.8. The van der Waals surface area contributed by atoms with E-state index in [2.05, 4.69) is 4.72 Å². The van der Waals surface area contributed by atoms with Crippen molar-refractivity contribution in [2.45, 2.75) is 23.8 Å². The molecule has 1 saturated heterocycles. The van der Waals surface area contributed by atoms with Gasteiger partial charge in [-0.05, 0) is 25.0 Å². The summed E-state index contributed by atoms with van der Waals surface area (Å²) < 4.78 is 31.8. The topological polar surface area (TPSA) is 55.4 Å². The van der Waals surface area contributed by atoms with Gasteiger partial charge in [0.15, 0.2) is 0 Å². The van der Waals surface area contributed by atoms with Crippen LogP contribution in [-0.4, -0.2) is 27.7 Å². The second kappa shape index (κ2) is 5.35. The average Bonchev–Trinajstić information content (AvgIpc) is 2.80. The van der Waals surface area contributed by atoms with Crippen LogP contribution in [0.1, 0.15) is 12.8 Å². The fourth-order valence-electron chi connectivity index (χ4n) is 1.75. The smallest absolute Gasteiger partial charge is 0.242 e. The molecule has 1 heterocycles. The maximum atomic E-state index is 12.0. The highest BCUT2D eigenvalue weighted by atomic mass is 35.5. The molecule has 94 valence electrons. The van der Waals surface area contributed by atoms with Crippen LogP contribution in [0.5, 0.6) is 0 Å². The Labute approximate surface area is 106 Å². The van der Waals surface area contributed by atoms with Gasteiger partial charge in [-0.1, -0.05) is 23.7 Å². The largest absolute Gasteiger partial charge is 0.377 e. The van der Waals surface area contributed by atoms with E-state index >= 15 is 0 Å². The summed E-state index contributed by atoms with van der Waals surface area (Å²) in [6.07, 6.45) is 1.86. The molecule has 1 N–H and O–H groups in total. The van der Waals surface area contributed by atoms with E-state index in [0.29, 0.717) is 13.2 Å². The van der Waals surface area contributed by atoms with Gasteiger partial charge in [0.05, 0.1) is 11.1 Å². The van der Waals surface area contributed by atoms with Gasteiger partial charge in [0.25, 0.3) is 0 Å². The summed E-state index contributed by atoms with van der Waals surface area (Å²) in [4.78, 5) is 0.111. The van der Waals surface area contributed by atoms with Crippen molar-refractivity contribution < 1.29 is 13.2 Å². The van der Waals surface area contributed by atoms with Crippen LogP contribution in [0.3, 0.4) is 0 Å². The molecule has 17 heavy (non-hydrogen) atoms. The Kier molecular flexibility index (Phi) is 4.04. The highest BCUT2D eigenvalue weighted by Gasteiger charge is 2.21. The van der Waals surface area contributed by atoms with Crippen LogP contribution in [0.2, 0.25) is 5.02 Å². The van der Waals surface area contributed by atoms with Crippen LogP contribution in [0.25, 0.3) is 0 Å². The molecule has 0 saturated carbocycles. The van der Waals surface area contributed by atoms with Crippen LogP contribution in [0.4, 0.5) is 0 Å². The van der Waals surface area contributed by atoms with Crippen molar-refractivity contribution in [1.29, 1.82) is 0 Å². The lowest BCUT2D eigenvalue weighted by molar-refractivity contribution is 0.114. The molecule has 0 spiro atoms. The Morgan fingerprint density at radius 1 is 1.41 bits per heavy atom. The molecule has 1 aromatic carbocycles. The molecule has 0 bridgehead atoms. The molecule has 1 aliphatic rings. The number of sulfonamides is 1. The van der Waals surface area contributed by atoms with Crippen LogP contribution < -0.4 is 4.72 Å². The standard InChI is InChI=1S/C11H14ClNO3S/c12-10-5-1-2-6-11(10)17(14,15)13-8-9-4-3-7-16-9/h1-2,5-6,9,13H,3-4,7-8H2/t9-/m1/s1. The Morgan fingerprint density at radius 3 is 2.82 bits per heavy atom. The van der Waals surface area contributed by atoms with Gasteiger partial charge in [-0.2, -0.15) is 0 Å². The second-order valence-corrected chi connectivity index (χ2v) is 6.06. The molecule has 0 aliphatic carbocycles. The monoisotopic (exact) mass is 275 g/mol. The maximum Gasteiger partial charge on any atom is 0.242 e. The minimum atomic E-state index is -3.54. The summed E-state index contributed by atoms with van der Waals surface area (Å²) in [6.45, 7) is 1.01. The van der Waals surface area contributed by atoms with Crippen molar-refractivity contribution in [1.82, 2.24) is 4.72 Å². The molecule has 6 heteroatoms. The zero-order valence-electron chi connectivity index (χ0n) is 9.23. The second-order valence-electron chi connectivity index (χ2n) is 3.92. The summed E-state index contributed by atoms with van der Waals surface area (Å²) in [5, 5.41) is 0.229. The van der Waals surface area contributed by atoms with Crippen LogP contribution in [-0.2, 0) is 14.8 Å². The molecular formula is C11H14ClNO3S. The highest BCUT2D eigenvalue weighted by molar-refractivity contribution is 7.89. The first-order valence-corrected chi connectivity index (χ1v) is 7.31. The Morgan fingerprint density at radius 2 is 2.18 bits per heavy atom. The van der Waals surface area contributed by atoms with Gasteiger partial charge < -0.3 is 4.74 Å². The number of ether oxygens (including phenoxy) is 1. The van der Waals surface area contributed by atoms with Crippen molar-refractivity contribution >= 4 is 21.6 Å². The number of hydrogen-bond acceptors (Lipinski definition) is 3. The van der Waals surface area contributed by atoms with Gasteiger partial charge in [-0.15, -0.1) is 0 Å². The van der Waals surface area contributed by atoms with E-state index in [4.69, 9.17) is 16.3 Å². The summed E-state index contributed by atoms with van der Waals surface area (Å²) in [5.74, 6) is 0. The van der Waals surface area contributed by atoms with Gasteiger partial charge in [0.1, 0.15) is 4.90 Å². The summed E-state index contributed by atoms with van der Waals surface area (Å²) in [7, 11) is -3.54. The number of rotatable bonds is 4. The van der Waals surface area contributed by atoms with E-state index in [1.165, 1.54) is 6.07 Å². The van der Waals surface area contributed by atoms with E-state index in [-0.39, 0.29) is 16.0 Å². The summed E-state index contributed by atoms with van der Waals surface area (Å²) >= 11 is 5.85. The van der Waals surface area contributed by atoms with E-state index < -0.39 is 10.0 Å². The van der Waals surface area contributed by atoms with E-state index in [0.717, 1.165) is 12.8 Å². The molecular weight excluding hydrogens is 262 g/mol. The quantitative estimate of drug-likeness (QED) is 0.912. The number of halogens is 1. The predicted octanol–water partition coefficient (Wildman–Crippen LogP) is 1.80. The van der Waals surface area contributed by atoms with Crippen LogP contribution in [0.15, 0.2) is 29.2 Å². The molecule has 1 aromatic rings. The Hall–Kier alpha value is -0.620. The first-order chi connectivity index (χ1) is 8.09.